The summed E-state index contributed by atoms with van der Waals surface area (Å²) in [6.45, 7) is 0. The minimum atomic E-state index is -0.0575. The third-order valence-corrected chi connectivity index (χ3v) is 6.62. The average molecular weight is 439 g/mol. The molecule has 5 aromatic rings. The highest BCUT2D eigenvalue weighted by atomic mass is 35.5. The molecule has 0 saturated heterocycles. The quantitative estimate of drug-likeness (QED) is 0.371. The Hall–Kier alpha value is -2.74. The molecule has 0 unspecified atom stereocenters. The average Bonchev–Trinajstić information content (AvgIpc) is 3.40. The summed E-state index contributed by atoms with van der Waals surface area (Å²) in [7, 11) is 0. The summed E-state index contributed by atoms with van der Waals surface area (Å²) in [6, 6.07) is 15.6. The third-order valence-electron chi connectivity index (χ3n) is 4.56. The van der Waals surface area contributed by atoms with Gasteiger partial charge in [0.25, 0.3) is 0 Å². The lowest BCUT2D eigenvalue weighted by molar-refractivity contribution is -0.116. The second-order valence-electron chi connectivity index (χ2n) is 6.55. The number of fused-ring (bicyclic) bond motifs is 2. The van der Waals surface area contributed by atoms with Crippen LogP contribution in [0.5, 0.6) is 0 Å². The number of benzene rings is 2. The van der Waals surface area contributed by atoms with Crippen molar-refractivity contribution in [2.24, 2.45) is 0 Å². The van der Waals surface area contributed by atoms with Gasteiger partial charge in [-0.25, -0.2) is 9.97 Å². The van der Waals surface area contributed by atoms with Gasteiger partial charge in [-0.1, -0.05) is 53.3 Å². The zero-order valence-electron chi connectivity index (χ0n) is 15.1. The molecule has 8 heteroatoms. The second kappa shape index (κ2) is 7.59. The van der Waals surface area contributed by atoms with E-state index in [0.717, 1.165) is 32.1 Å². The fourth-order valence-corrected chi connectivity index (χ4v) is 5.20. The Bertz CT molecular complexity index is 1320. The molecule has 0 saturated carbocycles. The summed E-state index contributed by atoms with van der Waals surface area (Å²) in [5.74, 6) is -0.0575. The zero-order valence-corrected chi connectivity index (χ0v) is 17.5. The van der Waals surface area contributed by atoms with E-state index >= 15 is 0 Å². The third kappa shape index (κ3) is 3.76. The van der Waals surface area contributed by atoms with Gasteiger partial charge in [0.1, 0.15) is 0 Å². The first-order chi connectivity index (χ1) is 14.2. The molecule has 5 rings (SSSR count). The van der Waals surface area contributed by atoms with E-state index in [1.807, 2.05) is 48.7 Å². The molecule has 0 radical (unpaired) electrons. The van der Waals surface area contributed by atoms with Crippen LogP contribution in [0.4, 0.5) is 5.13 Å². The lowest BCUT2D eigenvalue weighted by Gasteiger charge is -2.01. The van der Waals surface area contributed by atoms with Crippen molar-refractivity contribution in [3.05, 3.63) is 70.8 Å². The number of rotatable bonds is 5. The molecule has 0 spiro atoms. The van der Waals surface area contributed by atoms with E-state index < -0.39 is 0 Å². The molecule has 0 aliphatic carbocycles. The minimum Gasteiger partial charge on any atom is -0.302 e. The molecule has 1 amide bonds. The molecule has 0 aliphatic heterocycles. The van der Waals surface area contributed by atoms with E-state index in [2.05, 4.69) is 20.1 Å². The normalized spacial score (nSPS) is 11.3. The largest absolute Gasteiger partial charge is 0.302 e. The molecule has 5 nitrogen and oxygen atoms in total. The topological polar surface area (TPSA) is 59.3 Å². The van der Waals surface area contributed by atoms with Gasteiger partial charge < -0.3 is 5.32 Å². The SMILES string of the molecule is O=C(CCc1csc2nc(-c3ccccc3)cn12)Nc1nc2ccc(Cl)cc2s1. The summed E-state index contributed by atoms with van der Waals surface area (Å²) in [5.41, 5.74) is 3.94. The predicted molar refractivity (Wildman–Crippen MR) is 120 cm³/mol. The number of imidazole rings is 1. The van der Waals surface area contributed by atoms with Crippen molar-refractivity contribution in [3.63, 3.8) is 0 Å². The Morgan fingerprint density at radius 2 is 2.00 bits per heavy atom. The number of carbonyl (C=O) groups is 1. The number of hydrogen-bond acceptors (Lipinski definition) is 5. The van der Waals surface area contributed by atoms with Gasteiger partial charge in [0.15, 0.2) is 10.1 Å². The molecule has 2 aromatic carbocycles. The fourth-order valence-electron chi connectivity index (χ4n) is 3.13. The molecule has 1 N–H and O–H groups in total. The van der Waals surface area contributed by atoms with Crippen molar-refractivity contribution >= 4 is 60.5 Å². The first-order valence-corrected chi connectivity index (χ1v) is 11.1. The zero-order chi connectivity index (χ0) is 19.8. The Balaban J connectivity index is 1.28. The van der Waals surface area contributed by atoms with Crippen LogP contribution in [0.15, 0.2) is 60.1 Å². The van der Waals surface area contributed by atoms with Crippen molar-refractivity contribution in [2.75, 3.05) is 5.32 Å². The van der Waals surface area contributed by atoms with Crippen LogP contribution in [0, 0.1) is 0 Å². The Morgan fingerprint density at radius 1 is 1.14 bits per heavy atom. The molecular formula is C21H15ClN4OS2. The smallest absolute Gasteiger partial charge is 0.226 e. The second-order valence-corrected chi connectivity index (χ2v) is 8.85. The first-order valence-electron chi connectivity index (χ1n) is 9.02. The highest BCUT2D eigenvalue weighted by Gasteiger charge is 2.12. The predicted octanol–water partition coefficient (Wildman–Crippen LogP) is 5.90. The number of anilines is 1. The van der Waals surface area contributed by atoms with Crippen LogP contribution in [0.2, 0.25) is 5.02 Å². The molecular weight excluding hydrogens is 424 g/mol. The molecule has 144 valence electrons. The van der Waals surface area contributed by atoms with E-state index in [-0.39, 0.29) is 5.91 Å². The molecule has 3 heterocycles. The number of thiazole rings is 2. The number of hydrogen-bond donors (Lipinski definition) is 1. The maximum atomic E-state index is 12.4. The molecule has 0 fully saturated rings. The van der Waals surface area contributed by atoms with Crippen molar-refractivity contribution in [3.8, 4) is 11.3 Å². The molecule has 3 aromatic heterocycles. The van der Waals surface area contributed by atoms with Gasteiger partial charge in [0, 0.05) is 34.3 Å². The number of nitrogens with one attached hydrogen (secondary N) is 1. The summed E-state index contributed by atoms with van der Waals surface area (Å²) in [4.78, 5) is 22.5. The number of nitrogens with zero attached hydrogens (tertiary/aromatic N) is 3. The number of amides is 1. The van der Waals surface area contributed by atoms with Gasteiger partial charge in [-0.3, -0.25) is 9.20 Å². The van der Waals surface area contributed by atoms with Crippen molar-refractivity contribution in [1.29, 1.82) is 0 Å². The van der Waals surface area contributed by atoms with Crippen LogP contribution in [-0.4, -0.2) is 20.3 Å². The first kappa shape index (κ1) is 18.3. The Kier molecular flexibility index (Phi) is 4.79. The minimum absolute atomic E-state index is 0.0575. The van der Waals surface area contributed by atoms with E-state index in [4.69, 9.17) is 16.6 Å². The van der Waals surface area contributed by atoms with Crippen molar-refractivity contribution in [2.45, 2.75) is 12.8 Å². The summed E-state index contributed by atoms with van der Waals surface area (Å²) >= 11 is 9.03. The standard InChI is InChI=1S/C21H15ClN4OS2/c22-14-6-8-16-18(10-14)29-20(23-16)25-19(27)9-7-15-12-28-21-24-17(11-26(15)21)13-4-2-1-3-5-13/h1-6,8,10-12H,7,9H2,(H,23,25,27). The van der Waals surface area contributed by atoms with Crippen LogP contribution >= 0.6 is 34.3 Å². The van der Waals surface area contributed by atoms with Gasteiger partial charge in [0.2, 0.25) is 5.91 Å². The van der Waals surface area contributed by atoms with Crippen molar-refractivity contribution < 1.29 is 4.79 Å². The summed E-state index contributed by atoms with van der Waals surface area (Å²) in [6.07, 6.45) is 3.04. The van der Waals surface area contributed by atoms with Crippen LogP contribution in [0.25, 0.3) is 26.4 Å². The lowest BCUT2D eigenvalue weighted by Crippen LogP contribution is -2.12. The van der Waals surface area contributed by atoms with Crippen LogP contribution in [0.1, 0.15) is 12.1 Å². The molecule has 0 bridgehead atoms. The van der Waals surface area contributed by atoms with Crippen LogP contribution in [0.3, 0.4) is 0 Å². The maximum absolute atomic E-state index is 12.4. The number of aryl methyl sites for hydroxylation is 1. The maximum Gasteiger partial charge on any atom is 0.226 e. The van der Waals surface area contributed by atoms with Crippen LogP contribution < -0.4 is 5.32 Å². The van der Waals surface area contributed by atoms with Gasteiger partial charge in [-0.05, 0) is 24.6 Å². The van der Waals surface area contributed by atoms with E-state index in [9.17, 15) is 4.79 Å². The Morgan fingerprint density at radius 3 is 2.86 bits per heavy atom. The van der Waals surface area contributed by atoms with Crippen molar-refractivity contribution in [1.82, 2.24) is 14.4 Å². The van der Waals surface area contributed by atoms with Gasteiger partial charge >= 0.3 is 0 Å². The van der Waals surface area contributed by atoms with Crippen LogP contribution in [-0.2, 0) is 11.2 Å². The van der Waals surface area contributed by atoms with Gasteiger partial charge in [-0.2, -0.15) is 0 Å². The fraction of sp³-hybridized carbons (Fsp3) is 0.0952. The molecule has 0 aliphatic rings. The van der Waals surface area contributed by atoms with Gasteiger partial charge in [-0.15, -0.1) is 11.3 Å². The number of aromatic nitrogens is 3. The molecule has 0 atom stereocenters. The highest BCUT2D eigenvalue weighted by Crippen LogP contribution is 2.28. The highest BCUT2D eigenvalue weighted by molar-refractivity contribution is 7.22. The van der Waals surface area contributed by atoms with E-state index in [0.29, 0.717) is 23.0 Å². The summed E-state index contributed by atoms with van der Waals surface area (Å²) < 4.78 is 3.03. The van der Waals surface area contributed by atoms with E-state index in [1.165, 1.54) is 11.3 Å². The van der Waals surface area contributed by atoms with E-state index in [1.54, 1.807) is 17.4 Å². The lowest BCUT2D eigenvalue weighted by atomic mass is 10.2. The number of carbonyl (C=O) groups excluding carboxylic acids is 1. The summed E-state index contributed by atoms with van der Waals surface area (Å²) in [5, 5.41) is 6.21. The molecule has 29 heavy (non-hydrogen) atoms. The Labute approximate surface area is 179 Å². The number of halogens is 1. The van der Waals surface area contributed by atoms with Gasteiger partial charge in [0.05, 0.1) is 15.9 Å². The monoisotopic (exact) mass is 438 g/mol.